The van der Waals surface area contributed by atoms with Crippen molar-refractivity contribution in [3.8, 4) is 0 Å². The van der Waals surface area contributed by atoms with Gasteiger partial charge >= 0.3 is 0 Å². The fourth-order valence-electron chi connectivity index (χ4n) is 3.72. The van der Waals surface area contributed by atoms with Gasteiger partial charge in [-0.25, -0.2) is 0 Å². The number of carbonyl (C=O) groups excluding carboxylic acids is 2. The minimum Gasteiger partial charge on any atom is -0.352 e. The molecule has 0 bridgehead atoms. The zero-order valence-electron chi connectivity index (χ0n) is 17.7. The number of hydrogen-bond donors (Lipinski definition) is 1. The molecule has 0 aliphatic heterocycles. The predicted octanol–water partition coefficient (Wildman–Crippen LogP) is 3.86. The van der Waals surface area contributed by atoms with Gasteiger partial charge in [-0.1, -0.05) is 49.1 Å². The highest BCUT2D eigenvalue weighted by atomic mass is 16.2. The average Bonchev–Trinajstić information content (AvgIpc) is 3.20. The summed E-state index contributed by atoms with van der Waals surface area (Å²) in [5.41, 5.74) is 2.68. The summed E-state index contributed by atoms with van der Waals surface area (Å²) >= 11 is 0. The Morgan fingerprint density at radius 2 is 1.86 bits per heavy atom. The summed E-state index contributed by atoms with van der Waals surface area (Å²) in [6, 6.07) is 8.47. The lowest BCUT2D eigenvalue weighted by Gasteiger charge is -2.26. The second kappa shape index (κ2) is 9.72. The van der Waals surface area contributed by atoms with Crippen LogP contribution in [-0.2, 0) is 11.3 Å². The summed E-state index contributed by atoms with van der Waals surface area (Å²) in [5.74, 6) is -0.259. The summed E-state index contributed by atoms with van der Waals surface area (Å²) in [6.45, 7) is 6.51. The van der Waals surface area contributed by atoms with E-state index in [2.05, 4.69) is 10.4 Å². The summed E-state index contributed by atoms with van der Waals surface area (Å²) in [5, 5.41) is 7.40. The Hall–Kier alpha value is -2.63. The molecule has 1 aromatic carbocycles. The van der Waals surface area contributed by atoms with Crippen LogP contribution in [0.15, 0.2) is 36.7 Å². The Kier molecular flexibility index (Phi) is 7.07. The molecule has 1 fully saturated rings. The molecule has 29 heavy (non-hydrogen) atoms. The van der Waals surface area contributed by atoms with Crippen LogP contribution in [0.3, 0.4) is 0 Å². The standard InChI is InChI=1S/C23H32N4O2/c1-17(2)27-15-20(13-24-27)23(29)26(14-19-11-9-18(3)10-12-19)16-22(28)25-21-7-5-4-6-8-21/h9-13,15,17,21H,4-8,14,16H2,1-3H3,(H,25,28). The molecular formula is C23H32N4O2. The fourth-order valence-corrected chi connectivity index (χ4v) is 3.72. The molecule has 6 nitrogen and oxygen atoms in total. The minimum absolute atomic E-state index is 0.0517. The summed E-state index contributed by atoms with van der Waals surface area (Å²) < 4.78 is 1.76. The van der Waals surface area contributed by atoms with Gasteiger partial charge in [-0.15, -0.1) is 0 Å². The topological polar surface area (TPSA) is 67.2 Å². The van der Waals surface area contributed by atoms with Gasteiger partial charge in [0.05, 0.1) is 11.8 Å². The first-order valence-corrected chi connectivity index (χ1v) is 10.6. The van der Waals surface area contributed by atoms with Crippen LogP contribution in [0, 0.1) is 6.92 Å². The fraction of sp³-hybridized carbons (Fsp3) is 0.522. The third kappa shape index (κ3) is 5.92. The molecule has 0 unspecified atom stereocenters. The maximum absolute atomic E-state index is 13.2. The van der Waals surface area contributed by atoms with Gasteiger partial charge in [0.25, 0.3) is 5.91 Å². The zero-order valence-corrected chi connectivity index (χ0v) is 17.7. The van der Waals surface area contributed by atoms with E-state index in [0.29, 0.717) is 12.1 Å². The largest absolute Gasteiger partial charge is 0.352 e. The van der Waals surface area contributed by atoms with Crippen LogP contribution in [0.5, 0.6) is 0 Å². The maximum Gasteiger partial charge on any atom is 0.257 e. The van der Waals surface area contributed by atoms with Crippen LogP contribution < -0.4 is 5.32 Å². The Bertz CT molecular complexity index is 820. The number of nitrogens with one attached hydrogen (secondary N) is 1. The van der Waals surface area contributed by atoms with Crippen molar-refractivity contribution in [1.29, 1.82) is 0 Å². The van der Waals surface area contributed by atoms with Crippen molar-refractivity contribution >= 4 is 11.8 Å². The van der Waals surface area contributed by atoms with Gasteiger partial charge in [0.15, 0.2) is 0 Å². The van der Waals surface area contributed by atoms with Crippen molar-refractivity contribution in [2.24, 2.45) is 0 Å². The summed E-state index contributed by atoms with van der Waals surface area (Å²) in [4.78, 5) is 27.5. The lowest BCUT2D eigenvalue weighted by molar-refractivity contribution is -0.122. The Balaban J connectivity index is 1.73. The monoisotopic (exact) mass is 396 g/mol. The van der Waals surface area contributed by atoms with Gasteiger partial charge in [-0.2, -0.15) is 5.10 Å². The van der Waals surface area contributed by atoms with Gasteiger partial charge in [-0.3, -0.25) is 14.3 Å². The molecule has 6 heteroatoms. The van der Waals surface area contributed by atoms with Gasteiger partial charge in [0.2, 0.25) is 5.91 Å². The smallest absolute Gasteiger partial charge is 0.257 e. The van der Waals surface area contributed by atoms with Crippen molar-refractivity contribution < 1.29 is 9.59 Å². The highest BCUT2D eigenvalue weighted by Gasteiger charge is 2.23. The molecule has 1 N–H and O–H groups in total. The highest BCUT2D eigenvalue weighted by Crippen LogP contribution is 2.18. The Morgan fingerprint density at radius 3 is 2.48 bits per heavy atom. The molecule has 1 heterocycles. The van der Waals surface area contributed by atoms with Crippen LogP contribution in [-0.4, -0.2) is 39.1 Å². The maximum atomic E-state index is 13.2. The third-order valence-electron chi connectivity index (χ3n) is 5.46. The first kappa shape index (κ1) is 21.1. The van der Waals surface area contributed by atoms with Crippen LogP contribution in [0.4, 0.5) is 0 Å². The quantitative estimate of drug-likeness (QED) is 0.773. The van der Waals surface area contributed by atoms with Crippen molar-refractivity contribution in [2.75, 3.05) is 6.54 Å². The number of carbonyl (C=O) groups is 2. The van der Waals surface area contributed by atoms with E-state index in [1.807, 2.05) is 45.0 Å². The number of nitrogens with zero attached hydrogens (tertiary/aromatic N) is 3. The lowest BCUT2D eigenvalue weighted by Crippen LogP contribution is -2.44. The Morgan fingerprint density at radius 1 is 1.17 bits per heavy atom. The van der Waals surface area contributed by atoms with Crippen molar-refractivity contribution in [1.82, 2.24) is 20.0 Å². The molecule has 0 atom stereocenters. The van der Waals surface area contributed by atoms with Gasteiger partial charge in [-0.05, 0) is 39.2 Å². The summed E-state index contributed by atoms with van der Waals surface area (Å²) in [6.07, 6.45) is 8.95. The molecule has 1 aromatic heterocycles. The van der Waals surface area contributed by atoms with E-state index in [1.54, 1.807) is 22.0 Å². The van der Waals surface area contributed by atoms with E-state index < -0.39 is 0 Å². The van der Waals surface area contributed by atoms with E-state index in [9.17, 15) is 9.59 Å². The highest BCUT2D eigenvalue weighted by molar-refractivity contribution is 5.96. The molecule has 1 saturated carbocycles. The molecule has 1 aliphatic rings. The second-order valence-corrected chi connectivity index (χ2v) is 8.35. The minimum atomic E-state index is -0.170. The van der Waals surface area contributed by atoms with Crippen LogP contribution >= 0.6 is 0 Å². The van der Waals surface area contributed by atoms with Gasteiger partial charge in [0.1, 0.15) is 6.54 Å². The molecule has 1 aliphatic carbocycles. The second-order valence-electron chi connectivity index (χ2n) is 8.35. The summed E-state index contributed by atoms with van der Waals surface area (Å²) in [7, 11) is 0. The normalized spacial score (nSPS) is 14.8. The molecule has 2 aromatic rings. The molecule has 0 spiro atoms. The number of aryl methyl sites for hydroxylation is 1. The molecular weight excluding hydrogens is 364 g/mol. The first-order valence-electron chi connectivity index (χ1n) is 10.6. The predicted molar refractivity (Wildman–Crippen MR) is 114 cm³/mol. The molecule has 156 valence electrons. The van der Waals surface area contributed by atoms with Gasteiger partial charge < -0.3 is 10.2 Å². The average molecular weight is 397 g/mol. The lowest BCUT2D eigenvalue weighted by atomic mass is 9.95. The third-order valence-corrected chi connectivity index (χ3v) is 5.46. The van der Waals surface area contributed by atoms with E-state index in [4.69, 9.17) is 0 Å². The first-order chi connectivity index (χ1) is 13.9. The molecule has 2 amide bonds. The molecule has 0 saturated heterocycles. The SMILES string of the molecule is Cc1ccc(CN(CC(=O)NC2CCCCC2)C(=O)c2cnn(C(C)C)c2)cc1. The zero-order chi connectivity index (χ0) is 20.8. The van der Waals surface area contributed by atoms with Gasteiger partial charge in [0, 0.05) is 24.8 Å². The van der Waals surface area contributed by atoms with Crippen LogP contribution in [0.25, 0.3) is 0 Å². The number of amides is 2. The van der Waals surface area contributed by atoms with Crippen molar-refractivity contribution in [3.63, 3.8) is 0 Å². The van der Waals surface area contributed by atoms with E-state index in [1.165, 1.54) is 12.0 Å². The molecule has 3 rings (SSSR count). The van der Waals surface area contributed by atoms with E-state index >= 15 is 0 Å². The van der Waals surface area contributed by atoms with Crippen LogP contribution in [0.2, 0.25) is 0 Å². The van der Waals surface area contributed by atoms with Crippen LogP contribution in [0.1, 0.15) is 73.5 Å². The number of benzene rings is 1. The number of hydrogen-bond acceptors (Lipinski definition) is 3. The van der Waals surface area contributed by atoms with E-state index in [-0.39, 0.29) is 30.4 Å². The number of aromatic nitrogens is 2. The van der Waals surface area contributed by atoms with Crippen molar-refractivity contribution in [2.45, 2.75) is 71.5 Å². The Labute approximate surface area is 173 Å². The van der Waals surface area contributed by atoms with E-state index in [0.717, 1.165) is 31.2 Å². The number of rotatable bonds is 7. The van der Waals surface area contributed by atoms with Crippen molar-refractivity contribution in [3.05, 3.63) is 53.3 Å². The molecule has 0 radical (unpaired) electrons.